The summed E-state index contributed by atoms with van der Waals surface area (Å²) in [6.07, 6.45) is 3.27. The number of imidazole rings is 1. The van der Waals surface area contributed by atoms with E-state index in [-0.39, 0.29) is 5.82 Å². The maximum absolute atomic E-state index is 13.4. The zero-order valence-corrected chi connectivity index (χ0v) is 15.3. The normalized spacial score (nSPS) is 16.2. The van der Waals surface area contributed by atoms with Gasteiger partial charge in [-0.05, 0) is 12.1 Å². The Hall–Kier alpha value is -2.13. The molecule has 0 radical (unpaired) electrons. The first-order valence-corrected chi connectivity index (χ1v) is 9.37. The summed E-state index contributed by atoms with van der Waals surface area (Å²) >= 11 is 0. The topological polar surface area (TPSA) is 58.7 Å². The van der Waals surface area contributed by atoms with E-state index < -0.39 is 10.2 Å². The molecule has 0 bridgehead atoms. The Bertz CT molecular complexity index is 874. The van der Waals surface area contributed by atoms with Crippen LogP contribution in [0.4, 0.5) is 10.1 Å². The second-order valence-electron chi connectivity index (χ2n) is 5.96. The van der Waals surface area contributed by atoms with Crippen molar-refractivity contribution in [1.82, 2.24) is 8.28 Å². The summed E-state index contributed by atoms with van der Waals surface area (Å²) in [6.45, 7) is 3.48. The number of aromatic nitrogens is 2. The monoisotopic (exact) mass is 369 g/mol. The fourth-order valence-electron chi connectivity index (χ4n) is 2.97. The number of methoxy groups -OCH3 is 1. The van der Waals surface area contributed by atoms with Crippen molar-refractivity contribution in [2.75, 3.05) is 38.2 Å². The summed E-state index contributed by atoms with van der Waals surface area (Å²) in [6, 6.07) is 4.38. The summed E-state index contributed by atoms with van der Waals surface area (Å²) in [5.74, 6) is 0.727. The number of anilines is 1. The van der Waals surface area contributed by atoms with Gasteiger partial charge in [-0.1, -0.05) is 0 Å². The van der Waals surface area contributed by atoms with Crippen molar-refractivity contribution in [3.8, 4) is 5.75 Å². The molecule has 0 amide bonds. The van der Waals surface area contributed by atoms with E-state index in [2.05, 4.69) is 0 Å². The van der Waals surface area contributed by atoms with Crippen LogP contribution in [0.3, 0.4) is 0 Å². The van der Waals surface area contributed by atoms with Crippen LogP contribution in [-0.4, -0.2) is 50.0 Å². The number of halogens is 1. The molecule has 2 heterocycles. The molecule has 0 atom stereocenters. The molecular formula is C16H22FN4O3S+. The first-order valence-electron chi connectivity index (χ1n) is 7.97. The maximum atomic E-state index is 13.4. The minimum Gasteiger partial charge on any atom is -0.494 e. The maximum Gasteiger partial charge on any atom is 0.380 e. The van der Waals surface area contributed by atoms with Gasteiger partial charge in [0.25, 0.3) is 5.82 Å². The smallest absolute Gasteiger partial charge is 0.380 e. The van der Waals surface area contributed by atoms with Gasteiger partial charge in [-0.3, -0.25) is 0 Å². The fraction of sp³-hybridized carbons (Fsp3) is 0.438. The lowest BCUT2D eigenvalue weighted by molar-refractivity contribution is -0.676. The van der Waals surface area contributed by atoms with Crippen molar-refractivity contribution in [3.63, 3.8) is 0 Å². The van der Waals surface area contributed by atoms with Crippen LogP contribution in [0.5, 0.6) is 5.75 Å². The van der Waals surface area contributed by atoms with Crippen LogP contribution in [0.25, 0.3) is 0 Å². The first-order chi connectivity index (χ1) is 11.8. The average molecular weight is 369 g/mol. The number of hydrogen-bond acceptors (Lipinski definition) is 4. The van der Waals surface area contributed by atoms with Crippen LogP contribution in [0.15, 0.2) is 30.6 Å². The summed E-state index contributed by atoms with van der Waals surface area (Å²) in [5.41, 5.74) is 0.768. The molecule has 0 saturated carbocycles. The van der Waals surface area contributed by atoms with Gasteiger partial charge in [-0.2, -0.15) is 12.7 Å². The number of benzene rings is 1. The molecule has 1 fully saturated rings. The number of ether oxygens (including phenoxy) is 1. The molecule has 1 aromatic carbocycles. The predicted molar refractivity (Wildman–Crippen MR) is 91.4 cm³/mol. The lowest BCUT2D eigenvalue weighted by Crippen LogP contribution is -2.50. The molecule has 0 unspecified atom stereocenters. The molecule has 7 nitrogen and oxygen atoms in total. The first kappa shape index (κ1) is 17.7. The standard InChI is InChI=1S/C16H22FN4O3S/c1-13-18(2)6-11-21(13)25(22,23)20-9-7-19(8-10-20)15-5-4-14(17)12-16(15)24-3/h4-6,11-12H,7-10H2,1-3H3/q+1. The van der Waals surface area contributed by atoms with Gasteiger partial charge >= 0.3 is 10.2 Å². The van der Waals surface area contributed by atoms with Gasteiger partial charge in [-0.15, -0.1) is 3.97 Å². The van der Waals surface area contributed by atoms with E-state index in [1.165, 1.54) is 27.5 Å². The van der Waals surface area contributed by atoms with Crippen LogP contribution in [0.1, 0.15) is 5.82 Å². The highest BCUT2D eigenvalue weighted by Gasteiger charge is 2.34. The highest BCUT2D eigenvalue weighted by Crippen LogP contribution is 2.30. The van der Waals surface area contributed by atoms with Crippen LogP contribution < -0.4 is 14.2 Å². The SMILES string of the molecule is COc1cc(F)ccc1N1CCN(S(=O)(=O)n2cc[n+](C)c2C)CC1. The Morgan fingerprint density at radius 1 is 1.20 bits per heavy atom. The average Bonchev–Trinajstić information content (AvgIpc) is 2.94. The Balaban J connectivity index is 1.77. The van der Waals surface area contributed by atoms with Crippen molar-refractivity contribution in [2.45, 2.75) is 6.92 Å². The molecule has 9 heteroatoms. The van der Waals surface area contributed by atoms with E-state index in [1.807, 2.05) is 4.90 Å². The molecule has 0 aliphatic carbocycles. The number of hydrogen-bond donors (Lipinski definition) is 0. The quantitative estimate of drug-likeness (QED) is 0.744. The molecule has 136 valence electrons. The molecule has 2 aromatic rings. The van der Waals surface area contributed by atoms with Crippen LogP contribution >= 0.6 is 0 Å². The molecule has 25 heavy (non-hydrogen) atoms. The highest BCUT2D eigenvalue weighted by molar-refractivity contribution is 7.87. The third-order valence-corrected chi connectivity index (χ3v) is 6.45. The predicted octanol–water partition coefficient (Wildman–Crippen LogP) is 0.684. The Morgan fingerprint density at radius 2 is 1.88 bits per heavy atom. The van der Waals surface area contributed by atoms with E-state index in [4.69, 9.17) is 4.74 Å². The number of aryl methyl sites for hydroxylation is 1. The molecule has 1 saturated heterocycles. The minimum absolute atomic E-state index is 0.351. The van der Waals surface area contributed by atoms with E-state index in [9.17, 15) is 12.8 Å². The molecular weight excluding hydrogens is 347 g/mol. The number of nitrogens with zero attached hydrogens (tertiary/aromatic N) is 4. The zero-order valence-electron chi connectivity index (χ0n) is 14.5. The van der Waals surface area contributed by atoms with Gasteiger partial charge in [0.2, 0.25) is 0 Å². The Kier molecular flexibility index (Phi) is 4.70. The van der Waals surface area contributed by atoms with E-state index in [1.54, 1.807) is 37.0 Å². The van der Waals surface area contributed by atoms with Gasteiger partial charge in [0, 0.05) is 39.2 Å². The Labute approximate surface area is 147 Å². The molecule has 1 aliphatic rings. The zero-order chi connectivity index (χ0) is 18.2. The van der Waals surface area contributed by atoms with Crippen molar-refractivity contribution >= 4 is 15.9 Å². The Morgan fingerprint density at radius 3 is 2.44 bits per heavy atom. The van der Waals surface area contributed by atoms with E-state index in [0.717, 1.165) is 5.69 Å². The fourth-order valence-corrected chi connectivity index (χ4v) is 4.52. The minimum atomic E-state index is -3.59. The lowest BCUT2D eigenvalue weighted by atomic mass is 10.2. The van der Waals surface area contributed by atoms with Crippen molar-refractivity contribution < 1.29 is 22.1 Å². The summed E-state index contributed by atoms with van der Waals surface area (Å²) in [7, 11) is -0.289. The summed E-state index contributed by atoms with van der Waals surface area (Å²) in [4.78, 5) is 2.01. The molecule has 1 aliphatic heterocycles. The van der Waals surface area contributed by atoms with Crippen LogP contribution in [0.2, 0.25) is 0 Å². The molecule has 0 spiro atoms. The van der Waals surface area contributed by atoms with Gasteiger partial charge in [0.15, 0.2) is 0 Å². The van der Waals surface area contributed by atoms with E-state index >= 15 is 0 Å². The van der Waals surface area contributed by atoms with Crippen molar-refractivity contribution in [3.05, 3.63) is 42.2 Å². The second-order valence-corrected chi connectivity index (χ2v) is 7.77. The lowest BCUT2D eigenvalue weighted by Gasteiger charge is -2.34. The third-order valence-electron chi connectivity index (χ3n) is 4.55. The summed E-state index contributed by atoms with van der Waals surface area (Å²) < 4.78 is 48.7. The highest BCUT2D eigenvalue weighted by atomic mass is 32.2. The van der Waals surface area contributed by atoms with E-state index in [0.29, 0.717) is 37.8 Å². The van der Waals surface area contributed by atoms with Crippen molar-refractivity contribution in [2.24, 2.45) is 7.05 Å². The van der Waals surface area contributed by atoms with Gasteiger partial charge in [0.05, 0.1) is 19.8 Å². The van der Waals surface area contributed by atoms with Crippen LogP contribution in [0, 0.1) is 12.7 Å². The van der Waals surface area contributed by atoms with Gasteiger partial charge in [-0.25, -0.2) is 8.96 Å². The largest absolute Gasteiger partial charge is 0.494 e. The van der Waals surface area contributed by atoms with Gasteiger partial charge < -0.3 is 9.64 Å². The summed E-state index contributed by atoms with van der Waals surface area (Å²) in [5, 5.41) is 0. The second kappa shape index (κ2) is 6.64. The van der Waals surface area contributed by atoms with Crippen LogP contribution in [-0.2, 0) is 17.3 Å². The third kappa shape index (κ3) is 3.21. The van der Waals surface area contributed by atoms with Crippen molar-refractivity contribution in [1.29, 1.82) is 0 Å². The molecule has 1 aromatic heterocycles. The molecule has 3 rings (SSSR count). The molecule has 0 N–H and O–H groups in total. The number of piperazine rings is 1. The van der Waals surface area contributed by atoms with Gasteiger partial charge in [0.1, 0.15) is 24.0 Å². The number of rotatable bonds is 4.